The maximum absolute atomic E-state index is 12.3. The highest BCUT2D eigenvalue weighted by Crippen LogP contribution is 2.14. The van der Waals surface area contributed by atoms with E-state index >= 15 is 0 Å². The van der Waals surface area contributed by atoms with Crippen molar-refractivity contribution in [3.05, 3.63) is 71.5 Å². The lowest BCUT2D eigenvalue weighted by Crippen LogP contribution is -2.22. The number of benzene rings is 2. The molecule has 0 saturated heterocycles. The van der Waals surface area contributed by atoms with Crippen molar-refractivity contribution in [3.63, 3.8) is 0 Å². The van der Waals surface area contributed by atoms with Crippen molar-refractivity contribution in [2.45, 2.75) is 6.92 Å². The summed E-state index contributed by atoms with van der Waals surface area (Å²) in [6.45, 7) is 1.75. The Kier molecular flexibility index (Phi) is 4.07. The van der Waals surface area contributed by atoms with E-state index in [4.69, 9.17) is 0 Å². The molecular weight excluding hydrogens is 308 g/mol. The quantitative estimate of drug-likeness (QED) is 0.778. The van der Waals surface area contributed by atoms with E-state index in [9.17, 15) is 14.7 Å². The van der Waals surface area contributed by atoms with Crippen LogP contribution in [-0.4, -0.2) is 26.9 Å². The number of nitrogens with zero attached hydrogens (tertiary/aromatic N) is 3. The van der Waals surface area contributed by atoms with Gasteiger partial charge in [-0.15, -0.1) is 5.10 Å². The molecule has 0 atom stereocenters. The van der Waals surface area contributed by atoms with Crippen LogP contribution in [0.3, 0.4) is 0 Å². The van der Waals surface area contributed by atoms with Crippen LogP contribution in [0, 0.1) is 6.92 Å². The number of anilines is 1. The highest BCUT2D eigenvalue weighted by Gasteiger charge is 2.17. The third-order valence-electron chi connectivity index (χ3n) is 3.49. The third-order valence-corrected chi connectivity index (χ3v) is 3.49. The summed E-state index contributed by atoms with van der Waals surface area (Å²) in [5, 5.41) is 21.3. The van der Waals surface area contributed by atoms with E-state index in [1.54, 1.807) is 11.6 Å². The number of hydrogen-bond acceptors (Lipinski definition) is 5. The van der Waals surface area contributed by atoms with Crippen LogP contribution in [0.15, 0.2) is 54.6 Å². The normalized spacial score (nSPS) is 10.4. The second-order valence-corrected chi connectivity index (χ2v) is 5.09. The van der Waals surface area contributed by atoms with Gasteiger partial charge >= 0.3 is 0 Å². The fourth-order valence-electron chi connectivity index (χ4n) is 2.23. The molecule has 24 heavy (non-hydrogen) atoms. The standard InChI is InChI=1S/C17H14N4O3/c1-11-15(19-20-21(11)14-5-3-2-4-6-14)16(22)18-13-9-7-12(8-10-13)17(23)24/h2-10H,1H3,(H,18,22)(H,23,24)/p-1. The number of carboxylic acids is 1. The van der Waals surface area contributed by atoms with E-state index in [0.29, 0.717) is 11.4 Å². The first-order valence-electron chi connectivity index (χ1n) is 7.17. The van der Waals surface area contributed by atoms with Gasteiger partial charge in [-0.05, 0) is 36.8 Å². The number of nitrogens with one attached hydrogen (secondary N) is 1. The zero-order valence-electron chi connectivity index (χ0n) is 12.8. The lowest BCUT2D eigenvalue weighted by molar-refractivity contribution is -0.255. The van der Waals surface area contributed by atoms with Gasteiger partial charge < -0.3 is 15.2 Å². The summed E-state index contributed by atoms with van der Waals surface area (Å²) in [5.41, 5.74) is 2.10. The maximum Gasteiger partial charge on any atom is 0.278 e. The fraction of sp³-hybridized carbons (Fsp3) is 0.0588. The Morgan fingerprint density at radius 1 is 1.04 bits per heavy atom. The van der Waals surface area contributed by atoms with Gasteiger partial charge in [-0.3, -0.25) is 4.79 Å². The topological polar surface area (TPSA) is 99.9 Å². The molecule has 2 aromatic carbocycles. The summed E-state index contributed by atoms with van der Waals surface area (Å²) in [6.07, 6.45) is 0. The summed E-state index contributed by atoms with van der Waals surface area (Å²) in [4.78, 5) is 23.1. The smallest absolute Gasteiger partial charge is 0.278 e. The maximum atomic E-state index is 12.3. The summed E-state index contributed by atoms with van der Waals surface area (Å²) in [5.74, 6) is -1.69. The molecule has 3 rings (SSSR count). The molecule has 0 aliphatic heterocycles. The average molecular weight is 321 g/mol. The van der Waals surface area contributed by atoms with E-state index < -0.39 is 11.9 Å². The molecule has 0 fully saturated rings. The van der Waals surface area contributed by atoms with Gasteiger partial charge in [0, 0.05) is 5.69 Å². The van der Waals surface area contributed by atoms with E-state index in [1.807, 2.05) is 30.3 Å². The number of aromatic nitrogens is 3. The van der Waals surface area contributed by atoms with Crippen molar-refractivity contribution in [1.29, 1.82) is 0 Å². The highest BCUT2D eigenvalue weighted by atomic mass is 16.4. The molecular formula is C17H13N4O3-. The van der Waals surface area contributed by atoms with Crippen LogP contribution in [0.5, 0.6) is 0 Å². The lowest BCUT2D eigenvalue weighted by atomic mass is 10.2. The molecule has 120 valence electrons. The monoisotopic (exact) mass is 321 g/mol. The van der Waals surface area contributed by atoms with Gasteiger partial charge in [0.2, 0.25) is 0 Å². The number of amides is 1. The lowest BCUT2D eigenvalue weighted by Gasteiger charge is -2.06. The number of carboxylic acid groups (broad SMARTS) is 1. The third kappa shape index (κ3) is 3.00. The van der Waals surface area contributed by atoms with Crippen LogP contribution in [0.1, 0.15) is 26.5 Å². The Balaban J connectivity index is 1.81. The summed E-state index contributed by atoms with van der Waals surface area (Å²) >= 11 is 0. The predicted molar refractivity (Wildman–Crippen MR) is 84.8 cm³/mol. The van der Waals surface area contributed by atoms with Crippen molar-refractivity contribution in [2.75, 3.05) is 5.32 Å². The Morgan fingerprint density at radius 3 is 2.33 bits per heavy atom. The summed E-state index contributed by atoms with van der Waals surface area (Å²) < 4.78 is 1.58. The molecule has 0 radical (unpaired) electrons. The van der Waals surface area contributed by atoms with Crippen LogP contribution >= 0.6 is 0 Å². The number of carbonyl (C=O) groups excluding carboxylic acids is 2. The van der Waals surface area contributed by atoms with Crippen molar-refractivity contribution in [3.8, 4) is 5.69 Å². The highest BCUT2D eigenvalue weighted by molar-refractivity contribution is 6.03. The van der Waals surface area contributed by atoms with E-state index in [2.05, 4.69) is 15.6 Å². The molecule has 1 heterocycles. The van der Waals surface area contributed by atoms with Gasteiger partial charge in [-0.1, -0.05) is 35.5 Å². The van der Waals surface area contributed by atoms with Crippen molar-refractivity contribution >= 4 is 17.6 Å². The number of para-hydroxylation sites is 1. The van der Waals surface area contributed by atoms with Gasteiger partial charge in [0.15, 0.2) is 5.69 Å². The number of aromatic carboxylic acids is 1. The molecule has 0 aliphatic rings. The van der Waals surface area contributed by atoms with Gasteiger partial charge in [0.1, 0.15) is 0 Å². The Bertz CT molecular complexity index is 886. The Hall–Kier alpha value is -3.48. The van der Waals surface area contributed by atoms with Gasteiger partial charge in [0.05, 0.1) is 17.4 Å². The fourth-order valence-corrected chi connectivity index (χ4v) is 2.23. The first-order chi connectivity index (χ1) is 11.6. The van der Waals surface area contributed by atoms with Gasteiger partial charge in [0.25, 0.3) is 5.91 Å². The average Bonchev–Trinajstić information content (AvgIpc) is 2.98. The molecule has 1 N–H and O–H groups in total. The van der Waals surface area contributed by atoms with Crippen LogP contribution < -0.4 is 10.4 Å². The SMILES string of the molecule is Cc1c(C(=O)Nc2ccc(C(=O)[O-])cc2)nnn1-c1ccccc1. The predicted octanol–water partition coefficient (Wildman–Crippen LogP) is 1.19. The summed E-state index contributed by atoms with van der Waals surface area (Å²) in [7, 11) is 0. The molecule has 0 bridgehead atoms. The summed E-state index contributed by atoms with van der Waals surface area (Å²) in [6, 6.07) is 15.0. The van der Waals surface area contributed by atoms with Gasteiger partial charge in [-0.2, -0.15) is 0 Å². The first-order valence-corrected chi connectivity index (χ1v) is 7.17. The molecule has 0 spiro atoms. The van der Waals surface area contributed by atoms with Crippen molar-refractivity contribution < 1.29 is 14.7 Å². The molecule has 0 unspecified atom stereocenters. The zero-order valence-corrected chi connectivity index (χ0v) is 12.8. The minimum Gasteiger partial charge on any atom is -0.545 e. The number of hydrogen-bond donors (Lipinski definition) is 1. The minimum absolute atomic E-state index is 0.0409. The molecule has 7 nitrogen and oxygen atoms in total. The van der Waals surface area contributed by atoms with Crippen LogP contribution in [0.4, 0.5) is 5.69 Å². The largest absolute Gasteiger partial charge is 0.545 e. The molecule has 1 aromatic heterocycles. The van der Waals surface area contributed by atoms with Gasteiger partial charge in [-0.25, -0.2) is 4.68 Å². The zero-order chi connectivity index (χ0) is 17.1. The van der Waals surface area contributed by atoms with Crippen molar-refractivity contribution in [1.82, 2.24) is 15.0 Å². The molecule has 0 saturated carbocycles. The number of carbonyl (C=O) groups is 2. The minimum atomic E-state index is -1.27. The van der Waals surface area contributed by atoms with E-state index in [-0.39, 0.29) is 11.3 Å². The van der Waals surface area contributed by atoms with Crippen LogP contribution in [0.25, 0.3) is 5.69 Å². The van der Waals surface area contributed by atoms with Crippen molar-refractivity contribution in [2.24, 2.45) is 0 Å². The Morgan fingerprint density at radius 2 is 1.71 bits per heavy atom. The molecule has 0 aliphatic carbocycles. The Labute approximate surface area is 137 Å². The first kappa shape index (κ1) is 15.4. The molecule has 1 amide bonds. The van der Waals surface area contributed by atoms with E-state index in [1.165, 1.54) is 24.3 Å². The second-order valence-electron chi connectivity index (χ2n) is 5.09. The molecule has 3 aromatic rings. The van der Waals surface area contributed by atoms with Crippen LogP contribution in [-0.2, 0) is 0 Å². The second kappa shape index (κ2) is 6.33. The number of rotatable bonds is 4. The molecule has 7 heteroatoms. The van der Waals surface area contributed by atoms with E-state index in [0.717, 1.165) is 5.69 Å². The van der Waals surface area contributed by atoms with Crippen LogP contribution in [0.2, 0.25) is 0 Å².